The van der Waals surface area contributed by atoms with Gasteiger partial charge in [0.05, 0.1) is 5.69 Å². The predicted octanol–water partition coefficient (Wildman–Crippen LogP) is 2.91. The van der Waals surface area contributed by atoms with Crippen molar-refractivity contribution in [2.75, 3.05) is 5.32 Å². The van der Waals surface area contributed by atoms with Gasteiger partial charge in [-0.2, -0.15) is 9.78 Å². The first kappa shape index (κ1) is 16.6. The minimum atomic E-state index is -0.641. The van der Waals surface area contributed by atoms with Crippen LogP contribution in [0.5, 0.6) is 0 Å². The van der Waals surface area contributed by atoms with Crippen molar-refractivity contribution in [2.45, 2.75) is 6.04 Å². The molecule has 1 atom stereocenters. The lowest BCUT2D eigenvalue weighted by Crippen LogP contribution is -2.29. The van der Waals surface area contributed by atoms with Crippen LogP contribution in [0.4, 0.5) is 16.0 Å². The summed E-state index contributed by atoms with van der Waals surface area (Å²) < 4.78 is 15.5. The number of hydrogen-bond acceptors (Lipinski definition) is 6. The maximum Gasteiger partial charge on any atom is 0.288 e. The van der Waals surface area contributed by atoms with Gasteiger partial charge in [0.25, 0.3) is 5.56 Å². The number of aromatic nitrogens is 6. The molecule has 2 aromatic carbocycles. The van der Waals surface area contributed by atoms with Gasteiger partial charge in [-0.1, -0.05) is 41.0 Å². The van der Waals surface area contributed by atoms with E-state index in [-0.39, 0.29) is 11.6 Å². The van der Waals surface area contributed by atoms with Crippen molar-refractivity contribution in [2.24, 2.45) is 0 Å². The number of tetrazole rings is 1. The number of hydrogen-bond donors (Lipinski definition) is 2. The zero-order valence-corrected chi connectivity index (χ0v) is 14.9. The summed E-state index contributed by atoms with van der Waals surface area (Å²) >= 11 is 6.00. The van der Waals surface area contributed by atoms with Crippen molar-refractivity contribution < 1.29 is 4.39 Å². The van der Waals surface area contributed by atoms with Gasteiger partial charge in [-0.15, -0.1) is 0 Å². The molecular weight excluding hydrogens is 385 g/mol. The smallest absolute Gasteiger partial charge is 0.288 e. The molecule has 0 amide bonds. The van der Waals surface area contributed by atoms with Crippen molar-refractivity contribution in [3.8, 4) is 11.3 Å². The largest absolute Gasteiger partial charge is 0.318 e. The number of H-pyrrole nitrogens is 1. The van der Waals surface area contributed by atoms with Crippen molar-refractivity contribution >= 4 is 23.2 Å². The van der Waals surface area contributed by atoms with E-state index in [1.165, 1.54) is 16.8 Å². The second-order valence-electron chi connectivity index (χ2n) is 6.23. The number of benzene rings is 2. The lowest BCUT2D eigenvalue weighted by Gasteiger charge is -2.27. The Morgan fingerprint density at radius 1 is 1.14 bits per heavy atom. The summed E-state index contributed by atoms with van der Waals surface area (Å²) in [5, 5.41) is 21.9. The summed E-state index contributed by atoms with van der Waals surface area (Å²) in [6.07, 6.45) is 0. The molecule has 10 heteroatoms. The third-order valence-electron chi connectivity index (χ3n) is 4.55. The lowest BCUT2D eigenvalue weighted by atomic mass is 9.92. The fourth-order valence-electron chi connectivity index (χ4n) is 3.35. The standard InChI is InChI=1S/C18H11ClFN7O/c19-11-6-4-9(5-7-11)14-13-15(17(28)23-22-14)21-18-24-25-26-27(18)16(13)10-2-1-3-12(20)8-10/h1-8,16H,(H,23,28)(H,21,24,26)/t16-/m1/s1. The Balaban J connectivity index is 1.82. The number of nitrogens with zero attached hydrogens (tertiary/aromatic N) is 5. The summed E-state index contributed by atoms with van der Waals surface area (Å²) in [4.78, 5) is 12.5. The summed E-state index contributed by atoms with van der Waals surface area (Å²) in [6.45, 7) is 0. The molecule has 28 heavy (non-hydrogen) atoms. The number of anilines is 2. The summed E-state index contributed by atoms with van der Waals surface area (Å²) in [7, 11) is 0. The molecular formula is C18H11ClFN7O. The Morgan fingerprint density at radius 3 is 2.75 bits per heavy atom. The minimum absolute atomic E-state index is 0.261. The van der Waals surface area contributed by atoms with Gasteiger partial charge in [-0.05, 0) is 40.3 Å². The molecule has 5 rings (SSSR count). The molecule has 1 aliphatic rings. The van der Waals surface area contributed by atoms with Crippen LogP contribution in [0, 0.1) is 5.82 Å². The van der Waals surface area contributed by atoms with E-state index in [1.807, 2.05) is 0 Å². The van der Waals surface area contributed by atoms with Gasteiger partial charge in [0.15, 0.2) is 0 Å². The van der Waals surface area contributed by atoms with E-state index in [4.69, 9.17) is 11.6 Å². The summed E-state index contributed by atoms with van der Waals surface area (Å²) in [5.74, 6) is -0.126. The second-order valence-corrected chi connectivity index (χ2v) is 6.66. The van der Waals surface area contributed by atoms with Gasteiger partial charge >= 0.3 is 0 Å². The van der Waals surface area contributed by atoms with Crippen LogP contribution in [-0.4, -0.2) is 30.4 Å². The fourth-order valence-corrected chi connectivity index (χ4v) is 3.48. The van der Waals surface area contributed by atoms with Gasteiger partial charge in [-0.3, -0.25) is 4.79 Å². The third kappa shape index (κ3) is 2.55. The van der Waals surface area contributed by atoms with E-state index < -0.39 is 17.4 Å². The number of halogens is 2. The highest BCUT2D eigenvalue weighted by Gasteiger charge is 2.34. The number of nitrogens with one attached hydrogen (secondary N) is 2. The quantitative estimate of drug-likeness (QED) is 0.476. The fraction of sp³-hybridized carbons (Fsp3) is 0.0556. The predicted molar refractivity (Wildman–Crippen MR) is 100 cm³/mol. The highest BCUT2D eigenvalue weighted by molar-refractivity contribution is 6.30. The first-order valence-corrected chi connectivity index (χ1v) is 8.68. The van der Waals surface area contributed by atoms with E-state index in [1.54, 1.807) is 36.4 Å². The molecule has 0 radical (unpaired) electrons. The highest BCUT2D eigenvalue weighted by Crippen LogP contribution is 2.41. The lowest BCUT2D eigenvalue weighted by molar-refractivity contribution is 0.560. The second kappa shape index (κ2) is 6.24. The van der Waals surface area contributed by atoms with Gasteiger partial charge in [0.1, 0.15) is 17.5 Å². The molecule has 1 aliphatic heterocycles. The molecule has 0 fully saturated rings. The molecule has 3 heterocycles. The third-order valence-corrected chi connectivity index (χ3v) is 4.80. The van der Waals surface area contributed by atoms with Crippen LogP contribution in [0.25, 0.3) is 11.3 Å². The zero-order valence-electron chi connectivity index (χ0n) is 14.1. The minimum Gasteiger partial charge on any atom is -0.318 e. The maximum absolute atomic E-state index is 14.0. The molecule has 0 spiro atoms. The van der Waals surface area contributed by atoms with Crippen LogP contribution in [-0.2, 0) is 0 Å². The monoisotopic (exact) mass is 395 g/mol. The van der Waals surface area contributed by atoms with Crippen LogP contribution >= 0.6 is 11.6 Å². The van der Waals surface area contributed by atoms with E-state index in [0.717, 1.165) is 5.56 Å². The Bertz CT molecular complexity index is 1250. The van der Waals surface area contributed by atoms with E-state index in [2.05, 4.69) is 31.0 Å². The molecule has 2 N–H and O–H groups in total. The average molecular weight is 396 g/mol. The Labute approximate surface area is 162 Å². The molecule has 138 valence electrons. The first-order valence-electron chi connectivity index (χ1n) is 8.30. The van der Waals surface area contributed by atoms with Crippen LogP contribution in [0.1, 0.15) is 17.2 Å². The van der Waals surface area contributed by atoms with Crippen molar-refractivity contribution in [3.05, 3.63) is 80.9 Å². The summed E-state index contributed by atoms with van der Waals surface area (Å²) in [6, 6.07) is 12.5. The molecule has 0 saturated carbocycles. The number of rotatable bonds is 2. The molecule has 0 unspecified atom stereocenters. The average Bonchev–Trinajstić information content (AvgIpc) is 3.16. The van der Waals surface area contributed by atoms with Gasteiger partial charge in [0.2, 0.25) is 5.95 Å². The van der Waals surface area contributed by atoms with Gasteiger partial charge < -0.3 is 5.32 Å². The number of aromatic amines is 1. The van der Waals surface area contributed by atoms with Crippen molar-refractivity contribution in [1.82, 2.24) is 30.4 Å². The Kier molecular flexibility index (Phi) is 3.69. The Hall–Kier alpha value is -3.59. The maximum atomic E-state index is 14.0. The van der Waals surface area contributed by atoms with Crippen LogP contribution in [0.2, 0.25) is 5.02 Å². The Morgan fingerprint density at radius 2 is 1.96 bits per heavy atom. The molecule has 0 bridgehead atoms. The first-order chi connectivity index (χ1) is 13.6. The van der Waals surface area contributed by atoms with Crippen LogP contribution < -0.4 is 10.9 Å². The van der Waals surface area contributed by atoms with Gasteiger partial charge in [-0.25, -0.2) is 9.49 Å². The van der Waals surface area contributed by atoms with Gasteiger partial charge in [0, 0.05) is 16.1 Å². The van der Waals surface area contributed by atoms with Crippen molar-refractivity contribution in [3.63, 3.8) is 0 Å². The van der Waals surface area contributed by atoms with E-state index >= 15 is 0 Å². The number of fused-ring (bicyclic) bond motifs is 2. The topological polar surface area (TPSA) is 101 Å². The summed E-state index contributed by atoms with van der Waals surface area (Å²) in [5.41, 5.74) is 2.20. The van der Waals surface area contributed by atoms with Crippen LogP contribution in [0.15, 0.2) is 53.3 Å². The molecule has 0 aliphatic carbocycles. The SMILES string of the molecule is O=c1[nH]nc(-c2ccc(Cl)cc2)c2c1Nc1nnnn1[C@@H]2c1cccc(F)c1. The molecule has 4 aromatic rings. The van der Waals surface area contributed by atoms with Crippen LogP contribution in [0.3, 0.4) is 0 Å². The van der Waals surface area contributed by atoms with E-state index in [9.17, 15) is 9.18 Å². The van der Waals surface area contributed by atoms with E-state index in [0.29, 0.717) is 21.8 Å². The molecule has 8 nitrogen and oxygen atoms in total. The molecule has 0 saturated heterocycles. The normalized spacial score (nSPS) is 14.9. The molecule has 2 aromatic heterocycles. The van der Waals surface area contributed by atoms with Crippen molar-refractivity contribution in [1.29, 1.82) is 0 Å². The zero-order chi connectivity index (χ0) is 19.3. The highest BCUT2D eigenvalue weighted by atomic mass is 35.5.